The van der Waals surface area contributed by atoms with Crippen LogP contribution in [-0.2, 0) is 0 Å². The minimum absolute atomic E-state index is 0.501. The molecule has 0 aliphatic carbocycles. The fourth-order valence-corrected chi connectivity index (χ4v) is 1.73. The molecule has 1 aromatic heterocycles. The molecule has 0 unspecified atom stereocenters. The van der Waals surface area contributed by atoms with Crippen LogP contribution in [0.5, 0.6) is 0 Å². The first-order valence-electron chi connectivity index (χ1n) is 4.37. The van der Waals surface area contributed by atoms with Crippen LogP contribution in [-0.4, -0.2) is 0 Å². The summed E-state index contributed by atoms with van der Waals surface area (Å²) in [6.07, 6.45) is 1.60. The van der Waals surface area contributed by atoms with E-state index in [-0.39, 0.29) is 0 Å². The second-order valence-electron chi connectivity index (χ2n) is 3.06. The Labute approximate surface area is 97.9 Å². The lowest BCUT2D eigenvalue weighted by atomic mass is 10.1. The van der Waals surface area contributed by atoms with Crippen molar-refractivity contribution >= 4 is 28.8 Å². The third kappa shape index (κ3) is 1.94. The maximum Gasteiger partial charge on any atom is 0.133 e. The van der Waals surface area contributed by atoms with E-state index in [4.69, 9.17) is 27.6 Å². The van der Waals surface area contributed by atoms with Crippen molar-refractivity contribution < 1.29 is 4.42 Å². The lowest BCUT2D eigenvalue weighted by Crippen LogP contribution is -1.85. The molecular weight excluding hydrogens is 231 g/mol. The Balaban J connectivity index is 2.47. The summed E-state index contributed by atoms with van der Waals surface area (Å²) in [7, 11) is 0. The van der Waals surface area contributed by atoms with Gasteiger partial charge in [0.25, 0.3) is 0 Å². The molecule has 0 fully saturated rings. The first-order chi connectivity index (χ1) is 7.20. The Bertz CT molecular complexity index is 486. The van der Waals surface area contributed by atoms with Gasteiger partial charge in [-0.2, -0.15) is 0 Å². The molecule has 0 amide bonds. The summed E-state index contributed by atoms with van der Waals surface area (Å²) in [5.41, 5.74) is 1.52. The highest BCUT2D eigenvalue weighted by atomic mass is 35.5. The number of hydrogen-bond donors (Lipinski definition) is 0. The fraction of sp³-hybridized carbons (Fsp3) is 0. The van der Waals surface area contributed by atoms with E-state index in [0.717, 1.165) is 11.1 Å². The first kappa shape index (κ1) is 10.3. The van der Waals surface area contributed by atoms with Crippen LogP contribution >= 0.6 is 23.2 Å². The minimum atomic E-state index is 0.501. The van der Waals surface area contributed by atoms with Crippen molar-refractivity contribution in [3.8, 4) is 0 Å². The normalized spacial score (nSPS) is 10.3. The van der Waals surface area contributed by atoms with E-state index in [1.54, 1.807) is 18.4 Å². The predicted molar refractivity (Wildman–Crippen MR) is 63.3 cm³/mol. The van der Waals surface area contributed by atoms with E-state index in [1.165, 1.54) is 0 Å². The van der Waals surface area contributed by atoms with Crippen molar-refractivity contribution in [2.75, 3.05) is 0 Å². The summed E-state index contributed by atoms with van der Waals surface area (Å²) in [6.45, 7) is 3.93. The molecule has 0 aliphatic rings. The molecule has 1 nitrogen and oxygen atoms in total. The molecule has 0 aliphatic heterocycles. The molecule has 0 spiro atoms. The number of hydrogen-bond acceptors (Lipinski definition) is 1. The largest absolute Gasteiger partial charge is 0.464 e. The van der Waals surface area contributed by atoms with Gasteiger partial charge in [-0.25, -0.2) is 0 Å². The van der Waals surface area contributed by atoms with Crippen molar-refractivity contribution in [3.63, 3.8) is 0 Å². The van der Waals surface area contributed by atoms with Gasteiger partial charge in [-0.3, -0.25) is 0 Å². The molecule has 0 radical (unpaired) electrons. The molecule has 0 bridgehead atoms. The zero-order valence-corrected chi connectivity index (χ0v) is 9.35. The molecule has 0 N–H and O–H groups in total. The van der Waals surface area contributed by atoms with Gasteiger partial charge in [0.15, 0.2) is 0 Å². The number of benzene rings is 1. The van der Waals surface area contributed by atoms with Gasteiger partial charge in [-0.05, 0) is 18.2 Å². The summed E-state index contributed by atoms with van der Waals surface area (Å²) in [5, 5.41) is 1.02. The zero-order chi connectivity index (χ0) is 10.8. The molecule has 1 aromatic carbocycles. The molecular formula is C12H8Cl2O. The Morgan fingerprint density at radius 2 is 1.93 bits per heavy atom. The average molecular weight is 239 g/mol. The Morgan fingerprint density at radius 3 is 2.60 bits per heavy atom. The third-order valence-corrected chi connectivity index (χ3v) is 2.91. The van der Waals surface area contributed by atoms with Crippen molar-refractivity contribution in [2.24, 2.45) is 0 Å². The Hall–Kier alpha value is -1.18. The maximum absolute atomic E-state index is 6.07. The lowest BCUT2D eigenvalue weighted by molar-refractivity contribution is 0.554. The maximum atomic E-state index is 6.07. The number of halogens is 2. The zero-order valence-electron chi connectivity index (χ0n) is 7.84. The van der Waals surface area contributed by atoms with Gasteiger partial charge in [0.05, 0.1) is 16.3 Å². The number of rotatable bonds is 2. The molecule has 0 atom stereocenters. The van der Waals surface area contributed by atoms with Crippen LogP contribution in [0.2, 0.25) is 10.0 Å². The molecule has 0 saturated carbocycles. The lowest BCUT2D eigenvalue weighted by Gasteiger charge is -2.06. The topological polar surface area (TPSA) is 13.1 Å². The molecule has 1 heterocycles. The second kappa shape index (κ2) is 4.13. The number of furan rings is 1. The molecule has 2 aromatic rings. The Morgan fingerprint density at radius 1 is 1.13 bits per heavy atom. The smallest absolute Gasteiger partial charge is 0.133 e. The van der Waals surface area contributed by atoms with Crippen LogP contribution in [0, 0.1) is 0 Å². The second-order valence-corrected chi connectivity index (χ2v) is 3.84. The summed E-state index contributed by atoms with van der Waals surface area (Å²) < 4.78 is 5.24. The summed E-state index contributed by atoms with van der Waals surface area (Å²) in [5.74, 6) is 0.694. The van der Waals surface area contributed by atoms with Crippen LogP contribution in [0.3, 0.4) is 0 Å². The van der Waals surface area contributed by atoms with Gasteiger partial charge in [-0.15, -0.1) is 0 Å². The molecule has 3 heteroatoms. The van der Waals surface area contributed by atoms with Gasteiger partial charge in [0.1, 0.15) is 5.76 Å². The average Bonchev–Trinajstić information content (AvgIpc) is 2.74. The van der Waals surface area contributed by atoms with E-state index in [9.17, 15) is 0 Å². The monoisotopic (exact) mass is 238 g/mol. The Kier molecular flexibility index (Phi) is 2.85. The van der Waals surface area contributed by atoms with Crippen molar-refractivity contribution in [1.82, 2.24) is 0 Å². The summed E-state index contributed by atoms with van der Waals surface area (Å²) >= 11 is 12.0. The van der Waals surface area contributed by atoms with Crippen molar-refractivity contribution in [1.29, 1.82) is 0 Å². The first-order valence-corrected chi connectivity index (χ1v) is 5.13. The van der Waals surface area contributed by atoms with Crippen LogP contribution in [0.25, 0.3) is 5.57 Å². The van der Waals surface area contributed by atoms with Crippen LogP contribution in [0.1, 0.15) is 11.3 Å². The van der Waals surface area contributed by atoms with Gasteiger partial charge < -0.3 is 4.42 Å². The van der Waals surface area contributed by atoms with Gasteiger partial charge >= 0.3 is 0 Å². The van der Waals surface area contributed by atoms with E-state index >= 15 is 0 Å². The quantitative estimate of drug-likeness (QED) is 0.743. The van der Waals surface area contributed by atoms with E-state index in [1.807, 2.05) is 18.2 Å². The van der Waals surface area contributed by atoms with E-state index < -0.39 is 0 Å². The van der Waals surface area contributed by atoms with E-state index in [2.05, 4.69) is 6.58 Å². The van der Waals surface area contributed by atoms with Gasteiger partial charge in [0, 0.05) is 11.1 Å². The molecule has 2 rings (SSSR count). The molecule has 76 valence electrons. The molecule has 0 saturated heterocycles. The van der Waals surface area contributed by atoms with Crippen LogP contribution in [0.4, 0.5) is 0 Å². The highest BCUT2D eigenvalue weighted by Crippen LogP contribution is 2.32. The van der Waals surface area contributed by atoms with Crippen molar-refractivity contribution in [3.05, 3.63) is 64.5 Å². The van der Waals surface area contributed by atoms with Crippen molar-refractivity contribution in [2.45, 2.75) is 0 Å². The van der Waals surface area contributed by atoms with Crippen LogP contribution < -0.4 is 0 Å². The highest BCUT2D eigenvalue weighted by molar-refractivity contribution is 6.43. The fourth-order valence-electron chi connectivity index (χ4n) is 1.32. The van der Waals surface area contributed by atoms with Gasteiger partial charge in [0.2, 0.25) is 0 Å². The summed E-state index contributed by atoms with van der Waals surface area (Å²) in [6, 6.07) is 9.07. The van der Waals surface area contributed by atoms with Crippen LogP contribution in [0.15, 0.2) is 47.6 Å². The molecule has 15 heavy (non-hydrogen) atoms. The SMILES string of the molecule is C=C(c1ccco1)c1cccc(Cl)c1Cl. The van der Waals surface area contributed by atoms with E-state index in [0.29, 0.717) is 15.8 Å². The third-order valence-electron chi connectivity index (χ3n) is 2.10. The predicted octanol–water partition coefficient (Wildman–Crippen LogP) is 4.65. The highest BCUT2D eigenvalue weighted by Gasteiger charge is 2.10. The van der Waals surface area contributed by atoms with Gasteiger partial charge in [-0.1, -0.05) is 41.9 Å². The minimum Gasteiger partial charge on any atom is -0.464 e. The summed E-state index contributed by atoms with van der Waals surface area (Å²) in [4.78, 5) is 0. The standard InChI is InChI=1S/C12H8Cl2O/c1-8(11-6-3-7-15-11)9-4-2-5-10(13)12(9)14/h2-7H,1H2.